The van der Waals surface area contributed by atoms with Crippen LogP contribution in [0.15, 0.2) is 229 Å². The van der Waals surface area contributed by atoms with Crippen LogP contribution in [0.3, 0.4) is 0 Å². The SMILES string of the molecule is c1ccc(-n2c3ccccc3c3c(N(c4ccc(-c5ccc(-n6c7ccccc7c7c8ccccc8ccc76)cc5)cc4)c4ccc5c(c4)oc4ccccc45)cccc32)cc1. The predicted octanol–water partition coefficient (Wildman–Crippen LogP) is 16.1. The van der Waals surface area contributed by atoms with Gasteiger partial charge in [0.05, 0.1) is 27.8 Å². The van der Waals surface area contributed by atoms with Gasteiger partial charge in [-0.1, -0.05) is 133 Å². The molecule has 0 atom stereocenters. The number of aromatic nitrogens is 2. The van der Waals surface area contributed by atoms with Crippen molar-refractivity contribution in [1.29, 1.82) is 0 Å². The van der Waals surface area contributed by atoms with E-state index in [9.17, 15) is 0 Å². The van der Waals surface area contributed by atoms with Gasteiger partial charge in [0.25, 0.3) is 0 Å². The Kier molecular flexibility index (Phi) is 7.57. The second-order valence-corrected chi connectivity index (χ2v) is 16.1. The van der Waals surface area contributed by atoms with Crippen molar-refractivity contribution < 1.29 is 4.42 Å². The fourth-order valence-electron chi connectivity index (χ4n) is 9.95. The zero-order chi connectivity index (χ0) is 40.7. The van der Waals surface area contributed by atoms with Crippen LogP contribution >= 0.6 is 0 Å². The first-order valence-corrected chi connectivity index (χ1v) is 21.2. The summed E-state index contributed by atoms with van der Waals surface area (Å²) >= 11 is 0. The second kappa shape index (κ2) is 13.6. The molecule has 13 rings (SSSR count). The van der Waals surface area contributed by atoms with Gasteiger partial charge in [0.15, 0.2) is 0 Å². The summed E-state index contributed by atoms with van der Waals surface area (Å²) in [6.07, 6.45) is 0. The molecule has 4 nitrogen and oxygen atoms in total. The average molecular weight is 792 g/mol. The molecule has 10 aromatic carbocycles. The zero-order valence-corrected chi connectivity index (χ0v) is 33.6. The first-order chi connectivity index (χ1) is 30.8. The highest BCUT2D eigenvalue weighted by Gasteiger charge is 2.22. The van der Waals surface area contributed by atoms with E-state index in [1.54, 1.807) is 0 Å². The summed E-state index contributed by atoms with van der Waals surface area (Å²) in [4.78, 5) is 2.38. The van der Waals surface area contributed by atoms with Crippen LogP contribution in [-0.4, -0.2) is 9.13 Å². The molecule has 3 aromatic heterocycles. The van der Waals surface area contributed by atoms with Crippen molar-refractivity contribution in [3.05, 3.63) is 224 Å². The number of benzene rings is 10. The molecule has 0 spiro atoms. The van der Waals surface area contributed by atoms with Gasteiger partial charge in [0.1, 0.15) is 11.2 Å². The van der Waals surface area contributed by atoms with Crippen molar-refractivity contribution in [3.8, 4) is 22.5 Å². The fourth-order valence-corrected chi connectivity index (χ4v) is 9.95. The molecular formula is C58H37N3O. The normalized spacial score (nSPS) is 11.9. The van der Waals surface area contributed by atoms with Gasteiger partial charge in [-0.2, -0.15) is 0 Å². The topological polar surface area (TPSA) is 26.2 Å². The molecule has 0 aliphatic carbocycles. The Bertz CT molecular complexity index is 3850. The second-order valence-electron chi connectivity index (χ2n) is 16.1. The van der Waals surface area contributed by atoms with Crippen LogP contribution in [0.1, 0.15) is 0 Å². The average Bonchev–Trinajstić information content (AvgIpc) is 4.00. The molecule has 0 fully saturated rings. The lowest BCUT2D eigenvalue weighted by Crippen LogP contribution is -2.10. The number of anilines is 3. The monoisotopic (exact) mass is 791 g/mol. The zero-order valence-electron chi connectivity index (χ0n) is 33.6. The van der Waals surface area contributed by atoms with Crippen LogP contribution in [0.2, 0.25) is 0 Å². The summed E-state index contributed by atoms with van der Waals surface area (Å²) in [7, 11) is 0. The molecular weight excluding hydrogens is 755 g/mol. The Morgan fingerprint density at radius 2 is 0.871 bits per heavy atom. The maximum Gasteiger partial charge on any atom is 0.137 e. The van der Waals surface area contributed by atoms with Gasteiger partial charge in [-0.05, 0) is 107 Å². The summed E-state index contributed by atoms with van der Waals surface area (Å²) in [5.74, 6) is 0. The molecule has 3 heterocycles. The first kappa shape index (κ1) is 34.5. The maximum absolute atomic E-state index is 6.48. The number of fused-ring (bicyclic) bond motifs is 11. The van der Waals surface area contributed by atoms with Crippen molar-refractivity contribution in [2.75, 3.05) is 4.90 Å². The minimum atomic E-state index is 0.862. The standard InChI is InChI=1S/C58H37N3O/c1-2-14-41(15-3-1)60-51-21-10-7-19-49(51)58-52(22-12-23-53(58)60)59(44-34-35-47-46-17-8-11-24-55(46)62-56(47)37-44)42-30-25-38(26-31-42)39-27-32-43(33-28-39)61-50-20-9-6-18-48(50)57-45-16-5-4-13-40(45)29-36-54(57)61/h1-37H. The maximum atomic E-state index is 6.48. The Hall–Kier alpha value is -8.34. The van der Waals surface area contributed by atoms with E-state index in [0.717, 1.165) is 67.0 Å². The van der Waals surface area contributed by atoms with Gasteiger partial charge in [0.2, 0.25) is 0 Å². The molecule has 0 radical (unpaired) electrons. The molecule has 0 amide bonds. The summed E-state index contributed by atoms with van der Waals surface area (Å²) in [5.41, 5.74) is 14.3. The highest BCUT2D eigenvalue weighted by atomic mass is 16.3. The number of hydrogen-bond donors (Lipinski definition) is 0. The lowest BCUT2D eigenvalue weighted by atomic mass is 10.0. The summed E-state index contributed by atoms with van der Waals surface area (Å²) < 4.78 is 11.3. The van der Waals surface area contributed by atoms with Gasteiger partial charge in [0, 0.05) is 61.1 Å². The van der Waals surface area contributed by atoms with Crippen LogP contribution in [0.4, 0.5) is 17.1 Å². The van der Waals surface area contributed by atoms with Crippen LogP contribution < -0.4 is 4.90 Å². The summed E-state index contributed by atoms with van der Waals surface area (Å²) in [6.45, 7) is 0. The smallest absolute Gasteiger partial charge is 0.137 e. The van der Waals surface area contributed by atoms with E-state index in [1.165, 1.54) is 48.9 Å². The van der Waals surface area contributed by atoms with Crippen LogP contribution in [0, 0.1) is 0 Å². The van der Waals surface area contributed by atoms with Gasteiger partial charge in [-0.15, -0.1) is 0 Å². The van der Waals surface area contributed by atoms with Crippen molar-refractivity contribution in [2.24, 2.45) is 0 Å². The summed E-state index contributed by atoms with van der Waals surface area (Å²) in [6, 6.07) is 80.9. The lowest BCUT2D eigenvalue weighted by molar-refractivity contribution is 0.669. The molecule has 62 heavy (non-hydrogen) atoms. The number of nitrogens with zero attached hydrogens (tertiary/aromatic N) is 3. The molecule has 0 bridgehead atoms. The van der Waals surface area contributed by atoms with Crippen LogP contribution in [-0.2, 0) is 0 Å². The van der Waals surface area contributed by atoms with E-state index in [0.29, 0.717) is 0 Å². The van der Waals surface area contributed by atoms with E-state index in [1.807, 2.05) is 12.1 Å². The lowest BCUT2D eigenvalue weighted by Gasteiger charge is -2.27. The van der Waals surface area contributed by atoms with E-state index in [4.69, 9.17) is 4.42 Å². The molecule has 0 aliphatic rings. The van der Waals surface area contributed by atoms with Crippen LogP contribution in [0.5, 0.6) is 0 Å². The summed E-state index contributed by atoms with van der Waals surface area (Å²) in [5, 5.41) is 9.71. The number of para-hydroxylation sites is 4. The number of rotatable bonds is 6. The molecule has 0 saturated carbocycles. The molecule has 0 N–H and O–H groups in total. The van der Waals surface area contributed by atoms with Gasteiger partial charge >= 0.3 is 0 Å². The Balaban J connectivity index is 0.948. The van der Waals surface area contributed by atoms with Crippen molar-refractivity contribution in [1.82, 2.24) is 9.13 Å². The van der Waals surface area contributed by atoms with Crippen molar-refractivity contribution in [3.63, 3.8) is 0 Å². The highest BCUT2D eigenvalue weighted by molar-refractivity contribution is 6.21. The number of furan rings is 1. The quantitative estimate of drug-likeness (QED) is 0.168. The third-order valence-electron chi connectivity index (χ3n) is 12.7. The molecule has 13 aromatic rings. The van der Waals surface area contributed by atoms with Gasteiger partial charge in [-0.25, -0.2) is 0 Å². The van der Waals surface area contributed by atoms with Crippen molar-refractivity contribution in [2.45, 2.75) is 0 Å². The minimum Gasteiger partial charge on any atom is -0.456 e. The van der Waals surface area contributed by atoms with Gasteiger partial charge in [-0.3, -0.25) is 0 Å². The van der Waals surface area contributed by atoms with E-state index >= 15 is 0 Å². The Morgan fingerprint density at radius 3 is 1.63 bits per heavy atom. The largest absolute Gasteiger partial charge is 0.456 e. The minimum absolute atomic E-state index is 0.862. The van der Waals surface area contributed by atoms with E-state index in [-0.39, 0.29) is 0 Å². The molecule has 290 valence electrons. The first-order valence-electron chi connectivity index (χ1n) is 21.2. The third kappa shape index (κ3) is 5.20. The molecule has 0 saturated heterocycles. The fraction of sp³-hybridized carbons (Fsp3) is 0. The Labute approximate surface area is 357 Å². The molecule has 0 aliphatic heterocycles. The van der Waals surface area contributed by atoms with Crippen LogP contribution in [0.25, 0.3) is 98.8 Å². The van der Waals surface area contributed by atoms with E-state index < -0.39 is 0 Å². The highest BCUT2D eigenvalue weighted by Crippen LogP contribution is 2.45. The molecule has 4 heteroatoms. The van der Waals surface area contributed by atoms with Gasteiger partial charge < -0.3 is 18.5 Å². The molecule has 0 unspecified atom stereocenters. The van der Waals surface area contributed by atoms with E-state index in [2.05, 4.69) is 226 Å². The predicted molar refractivity (Wildman–Crippen MR) is 260 cm³/mol. The van der Waals surface area contributed by atoms with Crippen molar-refractivity contribution >= 4 is 93.4 Å². The third-order valence-corrected chi connectivity index (χ3v) is 12.7. The Morgan fingerprint density at radius 1 is 0.323 bits per heavy atom. The number of hydrogen-bond acceptors (Lipinski definition) is 2.